The summed E-state index contributed by atoms with van der Waals surface area (Å²) in [5, 5.41) is 10.2. The maximum absolute atomic E-state index is 10.2. The molecule has 2 aliphatic heterocycles. The second kappa shape index (κ2) is 5.20. The molecule has 0 radical (unpaired) electrons. The van der Waals surface area contributed by atoms with Crippen molar-refractivity contribution in [2.45, 2.75) is 59.0 Å². The Morgan fingerprint density at radius 1 is 1.10 bits per heavy atom. The van der Waals surface area contributed by atoms with Crippen LogP contribution in [0.25, 0.3) is 0 Å². The summed E-state index contributed by atoms with van der Waals surface area (Å²) in [4.78, 5) is 2.53. The molecular formula is C18H27NO2. The quantitative estimate of drug-likeness (QED) is 0.904. The van der Waals surface area contributed by atoms with Crippen LogP contribution in [0.3, 0.4) is 0 Å². The number of rotatable bonds is 2. The number of aromatic hydroxyl groups is 1. The van der Waals surface area contributed by atoms with Crippen LogP contribution in [-0.4, -0.2) is 35.2 Å². The Balaban J connectivity index is 1.91. The minimum atomic E-state index is -0.0993. The van der Waals surface area contributed by atoms with Gasteiger partial charge in [0.05, 0.1) is 0 Å². The van der Waals surface area contributed by atoms with Crippen LogP contribution in [-0.2, 0) is 6.42 Å². The van der Waals surface area contributed by atoms with Gasteiger partial charge in [-0.3, -0.25) is 4.90 Å². The van der Waals surface area contributed by atoms with Gasteiger partial charge in [-0.2, -0.15) is 0 Å². The Kier molecular flexibility index (Phi) is 3.64. The second-order valence-corrected chi connectivity index (χ2v) is 7.07. The van der Waals surface area contributed by atoms with E-state index in [0.29, 0.717) is 5.75 Å². The van der Waals surface area contributed by atoms with Gasteiger partial charge in [-0.1, -0.05) is 0 Å². The SMILES string of the molecule is Cc1c(C)c2c(c(C)c1O)CC[C@](C)(CN1CCCC1)O2. The Morgan fingerprint density at radius 2 is 1.76 bits per heavy atom. The summed E-state index contributed by atoms with van der Waals surface area (Å²) in [6.07, 6.45) is 4.66. The molecule has 1 N–H and O–H groups in total. The molecule has 2 heterocycles. The molecule has 0 aliphatic carbocycles. The molecule has 1 fully saturated rings. The van der Waals surface area contributed by atoms with Gasteiger partial charge in [0.25, 0.3) is 0 Å². The molecule has 1 aromatic carbocycles. The molecule has 0 bridgehead atoms. The van der Waals surface area contributed by atoms with Crippen molar-refractivity contribution < 1.29 is 9.84 Å². The average Bonchev–Trinajstić information content (AvgIpc) is 2.95. The number of hydrogen-bond acceptors (Lipinski definition) is 3. The fraction of sp³-hybridized carbons (Fsp3) is 0.667. The fourth-order valence-electron chi connectivity index (χ4n) is 3.82. The molecule has 1 saturated heterocycles. The van der Waals surface area contributed by atoms with Crippen molar-refractivity contribution in [2.75, 3.05) is 19.6 Å². The van der Waals surface area contributed by atoms with Crippen LogP contribution in [0.15, 0.2) is 0 Å². The molecule has 0 amide bonds. The molecule has 0 spiro atoms. The molecule has 21 heavy (non-hydrogen) atoms. The highest BCUT2D eigenvalue weighted by Gasteiger charge is 2.36. The first-order valence-corrected chi connectivity index (χ1v) is 8.14. The molecule has 3 rings (SSSR count). The van der Waals surface area contributed by atoms with Crippen LogP contribution >= 0.6 is 0 Å². The Hall–Kier alpha value is -1.22. The predicted octanol–water partition coefficient (Wildman–Crippen LogP) is 3.50. The highest BCUT2D eigenvalue weighted by atomic mass is 16.5. The Labute approximate surface area is 127 Å². The standard InChI is InChI=1S/C18H27NO2/c1-12-13(2)17-15(14(3)16(12)20)7-8-18(4,21-17)11-19-9-5-6-10-19/h20H,5-11H2,1-4H3/t18-/m1/s1. The van der Waals surface area contributed by atoms with Crippen LogP contribution in [0.2, 0.25) is 0 Å². The number of likely N-dealkylation sites (tertiary alicyclic amines) is 1. The predicted molar refractivity (Wildman–Crippen MR) is 85.3 cm³/mol. The number of phenols is 1. The Morgan fingerprint density at radius 3 is 2.43 bits per heavy atom. The second-order valence-electron chi connectivity index (χ2n) is 7.07. The molecule has 2 aliphatic rings. The van der Waals surface area contributed by atoms with Crippen molar-refractivity contribution in [1.82, 2.24) is 4.90 Å². The number of phenolic OH excluding ortho intramolecular Hbond substituents is 1. The normalized spacial score (nSPS) is 25.7. The molecular weight excluding hydrogens is 262 g/mol. The van der Waals surface area contributed by atoms with E-state index in [1.807, 2.05) is 13.8 Å². The van der Waals surface area contributed by atoms with E-state index in [1.165, 1.54) is 31.5 Å². The lowest BCUT2D eigenvalue weighted by Gasteiger charge is -2.40. The van der Waals surface area contributed by atoms with E-state index in [-0.39, 0.29) is 5.60 Å². The number of ether oxygens (including phenoxy) is 1. The van der Waals surface area contributed by atoms with E-state index >= 15 is 0 Å². The van der Waals surface area contributed by atoms with Gasteiger partial charge >= 0.3 is 0 Å². The molecule has 3 nitrogen and oxygen atoms in total. The highest BCUT2D eigenvalue weighted by Crippen LogP contribution is 2.43. The Bertz CT molecular complexity index is 561. The van der Waals surface area contributed by atoms with Crippen molar-refractivity contribution >= 4 is 0 Å². The van der Waals surface area contributed by atoms with Crippen LogP contribution in [0, 0.1) is 20.8 Å². The van der Waals surface area contributed by atoms with E-state index in [1.54, 1.807) is 0 Å². The van der Waals surface area contributed by atoms with Gasteiger partial charge in [0, 0.05) is 12.1 Å². The highest BCUT2D eigenvalue weighted by molar-refractivity contribution is 5.58. The number of hydrogen-bond donors (Lipinski definition) is 1. The smallest absolute Gasteiger partial charge is 0.127 e. The zero-order valence-electron chi connectivity index (χ0n) is 13.8. The summed E-state index contributed by atoms with van der Waals surface area (Å²) in [7, 11) is 0. The number of nitrogens with zero attached hydrogens (tertiary/aromatic N) is 1. The van der Waals surface area contributed by atoms with E-state index in [2.05, 4.69) is 18.7 Å². The van der Waals surface area contributed by atoms with Crippen LogP contribution in [0.5, 0.6) is 11.5 Å². The summed E-state index contributed by atoms with van der Waals surface area (Å²) < 4.78 is 6.48. The number of benzene rings is 1. The van der Waals surface area contributed by atoms with Gasteiger partial charge in [-0.15, -0.1) is 0 Å². The summed E-state index contributed by atoms with van der Waals surface area (Å²) in [6, 6.07) is 0. The molecule has 116 valence electrons. The zero-order valence-corrected chi connectivity index (χ0v) is 13.8. The topological polar surface area (TPSA) is 32.7 Å². The first kappa shape index (κ1) is 14.7. The van der Waals surface area contributed by atoms with Crippen molar-refractivity contribution in [2.24, 2.45) is 0 Å². The minimum absolute atomic E-state index is 0.0993. The molecule has 0 unspecified atom stereocenters. The van der Waals surface area contributed by atoms with E-state index in [0.717, 1.165) is 41.8 Å². The van der Waals surface area contributed by atoms with Crippen LogP contribution in [0.4, 0.5) is 0 Å². The fourth-order valence-corrected chi connectivity index (χ4v) is 3.82. The summed E-state index contributed by atoms with van der Waals surface area (Å²) in [6.45, 7) is 11.7. The van der Waals surface area contributed by atoms with E-state index in [4.69, 9.17) is 4.74 Å². The van der Waals surface area contributed by atoms with Crippen molar-refractivity contribution in [3.8, 4) is 11.5 Å². The maximum Gasteiger partial charge on any atom is 0.127 e. The lowest BCUT2D eigenvalue weighted by atomic mass is 9.87. The van der Waals surface area contributed by atoms with Crippen molar-refractivity contribution in [3.05, 3.63) is 22.3 Å². The third kappa shape index (κ3) is 2.52. The molecule has 1 aromatic rings. The van der Waals surface area contributed by atoms with Crippen LogP contribution in [0.1, 0.15) is 48.4 Å². The molecule has 0 aromatic heterocycles. The van der Waals surface area contributed by atoms with Gasteiger partial charge in [0.15, 0.2) is 0 Å². The third-order valence-electron chi connectivity index (χ3n) is 5.35. The number of fused-ring (bicyclic) bond motifs is 1. The average molecular weight is 289 g/mol. The first-order valence-electron chi connectivity index (χ1n) is 8.14. The van der Waals surface area contributed by atoms with Crippen molar-refractivity contribution in [1.29, 1.82) is 0 Å². The summed E-state index contributed by atoms with van der Waals surface area (Å²) in [5.74, 6) is 1.47. The third-order valence-corrected chi connectivity index (χ3v) is 5.35. The van der Waals surface area contributed by atoms with Gasteiger partial charge in [-0.25, -0.2) is 0 Å². The van der Waals surface area contributed by atoms with Gasteiger partial charge < -0.3 is 9.84 Å². The van der Waals surface area contributed by atoms with E-state index in [9.17, 15) is 5.11 Å². The van der Waals surface area contributed by atoms with Crippen LogP contribution < -0.4 is 4.74 Å². The molecule has 0 saturated carbocycles. The van der Waals surface area contributed by atoms with E-state index < -0.39 is 0 Å². The summed E-state index contributed by atoms with van der Waals surface area (Å²) in [5.41, 5.74) is 4.15. The molecule has 1 atom stereocenters. The molecule has 3 heteroatoms. The zero-order chi connectivity index (χ0) is 15.2. The lowest BCUT2D eigenvalue weighted by molar-refractivity contribution is 0.0310. The maximum atomic E-state index is 10.2. The lowest BCUT2D eigenvalue weighted by Crippen LogP contribution is -2.46. The van der Waals surface area contributed by atoms with Gasteiger partial charge in [0.1, 0.15) is 17.1 Å². The monoisotopic (exact) mass is 289 g/mol. The van der Waals surface area contributed by atoms with Crippen molar-refractivity contribution in [3.63, 3.8) is 0 Å². The first-order chi connectivity index (χ1) is 9.91. The van der Waals surface area contributed by atoms with Gasteiger partial charge in [0.2, 0.25) is 0 Å². The summed E-state index contributed by atoms with van der Waals surface area (Å²) >= 11 is 0. The largest absolute Gasteiger partial charge is 0.507 e. The minimum Gasteiger partial charge on any atom is -0.507 e. The van der Waals surface area contributed by atoms with Gasteiger partial charge in [-0.05, 0) is 83.2 Å².